The van der Waals surface area contributed by atoms with E-state index in [1.807, 2.05) is 6.92 Å². The van der Waals surface area contributed by atoms with Gasteiger partial charge in [0.15, 0.2) is 0 Å². The Bertz CT molecular complexity index is 124. The molecule has 0 aromatic carbocycles. The van der Waals surface area contributed by atoms with Crippen molar-refractivity contribution in [3.05, 3.63) is 0 Å². The van der Waals surface area contributed by atoms with E-state index in [4.69, 9.17) is 0 Å². The molecule has 0 bridgehead atoms. The van der Waals surface area contributed by atoms with Gasteiger partial charge in [0, 0.05) is 6.42 Å². The maximum Gasteiger partial charge on any atom is 0.220 e. The molecular weight excluding hydrogens is 152 g/mol. The third kappa shape index (κ3) is 7.54. The molecule has 2 N–H and O–H groups in total. The van der Waals surface area contributed by atoms with Gasteiger partial charge in [-0.15, -0.1) is 0 Å². The molecule has 0 rings (SSSR count). The summed E-state index contributed by atoms with van der Waals surface area (Å²) in [6.45, 7) is 7.83. The van der Waals surface area contributed by atoms with Crippen molar-refractivity contribution in [1.29, 1.82) is 0 Å². The van der Waals surface area contributed by atoms with E-state index in [0.717, 1.165) is 13.0 Å². The first kappa shape index (κ1) is 11.4. The summed E-state index contributed by atoms with van der Waals surface area (Å²) in [6.07, 6.45) is 1.54. The Balaban J connectivity index is 3.14. The highest BCUT2D eigenvalue weighted by atomic mass is 16.1. The van der Waals surface area contributed by atoms with Crippen LogP contribution in [0.5, 0.6) is 0 Å². The zero-order valence-corrected chi connectivity index (χ0v) is 8.31. The molecule has 3 heteroatoms. The van der Waals surface area contributed by atoms with E-state index in [1.54, 1.807) is 0 Å². The number of rotatable bonds is 6. The van der Waals surface area contributed by atoms with Crippen LogP contribution in [0.15, 0.2) is 0 Å². The molecule has 0 aliphatic carbocycles. The fraction of sp³-hybridized carbons (Fsp3) is 0.889. The van der Waals surface area contributed by atoms with Crippen LogP contribution < -0.4 is 10.6 Å². The van der Waals surface area contributed by atoms with Gasteiger partial charge in [0.05, 0.1) is 6.67 Å². The SMILES string of the molecule is CCCC(=O)NCNCC(C)C. The van der Waals surface area contributed by atoms with Crippen molar-refractivity contribution in [3.63, 3.8) is 0 Å². The number of hydrogen-bond donors (Lipinski definition) is 2. The van der Waals surface area contributed by atoms with Crippen molar-refractivity contribution >= 4 is 5.91 Å². The molecular formula is C9H20N2O. The van der Waals surface area contributed by atoms with E-state index < -0.39 is 0 Å². The highest BCUT2D eigenvalue weighted by molar-refractivity contribution is 5.75. The van der Waals surface area contributed by atoms with Gasteiger partial charge in [-0.05, 0) is 18.9 Å². The van der Waals surface area contributed by atoms with Crippen molar-refractivity contribution in [2.24, 2.45) is 5.92 Å². The highest BCUT2D eigenvalue weighted by Crippen LogP contribution is 1.86. The van der Waals surface area contributed by atoms with Crippen molar-refractivity contribution in [3.8, 4) is 0 Å². The minimum atomic E-state index is 0.133. The molecule has 3 nitrogen and oxygen atoms in total. The van der Waals surface area contributed by atoms with Gasteiger partial charge in [-0.25, -0.2) is 0 Å². The number of carbonyl (C=O) groups is 1. The zero-order valence-electron chi connectivity index (χ0n) is 8.31. The fourth-order valence-electron chi connectivity index (χ4n) is 0.837. The summed E-state index contributed by atoms with van der Waals surface area (Å²) in [4.78, 5) is 10.9. The molecule has 0 spiro atoms. The van der Waals surface area contributed by atoms with Crippen LogP contribution in [-0.2, 0) is 4.79 Å². The maximum atomic E-state index is 10.9. The number of hydrogen-bond acceptors (Lipinski definition) is 2. The van der Waals surface area contributed by atoms with E-state index in [-0.39, 0.29) is 5.91 Å². The van der Waals surface area contributed by atoms with E-state index in [1.165, 1.54) is 0 Å². The summed E-state index contributed by atoms with van der Waals surface area (Å²) >= 11 is 0. The predicted molar refractivity (Wildman–Crippen MR) is 50.8 cm³/mol. The van der Waals surface area contributed by atoms with E-state index in [0.29, 0.717) is 19.0 Å². The Hall–Kier alpha value is -0.570. The molecule has 72 valence electrons. The monoisotopic (exact) mass is 172 g/mol. The average Bonchev–Trinajstić information content (AvgIpc) is 1.98. The summed E-state index contributed by atoms with van der Waals surface area (Å²) < 4.78 is 0. The summed E-state index contributed by atoms with van der Waals surface area (Å²) in [5.41, 5.74) is 0. The Labute approximate surface area is 74.9 Å². The maximum absolute atomic E-state index is 10.9. The summed E-state index contributed by atoms with van der Waals surface area (Å²) in [5.74, 6) is 0.766. The lowest BCUT2D eigenvalue weighted by Crippen LogP contribution is -2.35. The number of nitrogens with one attached hydrogen (secondary N) is 2. The van der Waals surface area contributed by atoms with Gasteiger partial charge in [0.25, 0.3) is 0 Å². The lowest BCUT2D eigenvalue weighted by atomic mass is 10.2. The molecule has 0 aliphatic heterocycles. The van der Waals surface area contributed by atoms with E-state index >= 15 is 0 Å². The van der Waals surface area contributed by atoms with Crippen LogP contribution >= 0.6 is 0 Å². The summed E-state index contributed by atoms with van der Waals surface area (Å²) in [7, 11) is 0. The van der Waals surface area contributed by atoms with Crippen LogP contribution in [0.1, 0.15) is 33.6 Å². The van der Waals surface area contributed by atoms with Gasteiger partial charge in [-0.2, -0.15) is 0 Å². The highest BCUT2D eigenvalue weighted by Gasteiger charge is 1.97. The molecule has 0 saturated carbocycles. The second-order valence-electron chi connectivity index (χ2n) is 3.37. The third-order valence-electron chi connectivity index (χ3n) is 1.44. The van der Waals surface area contributed by atoms with Gasteiger partial charge in [0.1, 0.15) is 0 Å². The minimum Gasteiger partial charge on any atom is -0.344 e. The van der Waals surface area contributed by atoms with Crippen molar-refractivity contribution in [2.75, 3.05) is 13.2 Å². The van der Waals surface area contributed by atoms with Crippen LogP contribution in [0.25, 0.3) is 0 Å². The van der Waals surface area contributed by atoms with Gasteiger partial charge in [-0.3, -0.25) is 10.1 Å². The molecule has 0 radical (unpaired) electrons. The third-order valence-corrected chi connectivity index (χ3v) is 1.44. The normalized spacial score (nSPS) is 10.3. The lowest BCUT2D eigenvalue weighted by molar-refractivity contribution is -0.121. The van der Waals surface area contributed by atoms with Crippen LogP contribution in [-0.4, -0.2) is 19.1 Å². The molecule has 0 aliphatic rings. The fourth-order valence-corrected chi connectivity index (χ4v) is 0.837. The first-order valence-corrected chi connectivity index (χ1v) is 4.64. The topological polar surface area (TPSA) is 41.1 Å². The molecule has 0 unspecified atom stereocenters. The second-order valence-corrected chi connectivity index (χ2v) is 3.37. The average molecular weight is 172 g/mol. The molecule has 0 fully saturated rings. The lowest BCUT2D eigenvalue weighted by Gasteiger charge is -2.08. The van der Waals surface area contributed by atoms with Gasteiger partial charge >= 0.3 is 0 Å². The molecule has 0 heterocycles. The predicted octanol–water partition coefficient (Wildman–Crippen LogP) is 1.11. The zero-order chi connectivity index (χ0) is 9.40. The van der Waals surface area contributed by atoms with Gasteiger partial charge in [0.2, 0.25) is 5.91 Å². The molecule has 0 aromatic rings. The molecule has 0 aromatic heterocycles. The van der Waals surface area contributed by atoms with Crippen molar-refractivity contribution in [1.82, 2.24) is 10.6 Å². The van der Waals surface area contributed by atoms with Gasteiger partial charge < -0.3 is 5.32 Å². The second kappa shape index (κ2) is 7.10. The first-order chi connectivity index (χ1) is 5.66. The van der Waals surface area contributed by atoms with Crippen LogP contribution in [0.3, 0.4) is 0 Å². The number of amides is 1. The smallest absolute Gasteiger partial charge is 0.220 e. The number of carbonyl (C=O) groups excluding carboxylic acids is 1. The molecule has 0 saturated heterocycles. The van der Waals surface area contributed by atoms with Crippen molar-refractivity contribution in [2.45, 2.75) is 33.6 Å². The van der Waals surface area contributed by atoms with Crippen LogP contribution in [0.4, 0.5) is 0 Å². The molecule has 1 amide bonds. The Morgan fingerprint density at radius 3 is 2.58 bits per heavy atom. The minimum absolute atomic E-state index is 0.133. The largest absolute Gasteiger partial charge is 0.344 e. The summed E-state index contributed by atoms with van der Waals surface area (Å²) in [6, 6.07) is 0. The summed E-state index contributed by atoms with van der Waals surface area (Å²) in [5, 5.41) is 5.93. The van der Waals surface area contributed by atoms with E-state index in [9.17, 15) is 4.79 Å². The first-order valence-electron chi connectivity index (χ1n) is 4.64. The Morgan fingerprint density at radius 2 is 2.08 bits per heavy atom. The molecule has 0 atom stereocenters. The van der Waals surface area contributed by atoms with Crippen LogP contribution in [0.2, 0.25) is 0 Å². The standard InChI is InChI=1S/C9H20N2O/c1-4-5-9(12)11-7-10-6-8(2)3/h8,10H,4-7H2,1-3H3,(H,11,12). The van der Waals surface area contributed by atoms with Crippen molar-refractivity contribution < 1.29 is 4.79 Å². The molecule has 12 heavy (non-hydrogen) atoms. The van der Waals surface area contributed by atoms with E-state index in [2.05, 4.69) is 24.5 Å². The Kier molecular flexibility index (Phi) is 6.76. The Morgan fingerprint density at radius 1 is 1.42 bits per heavy atom. The van der Waals surface area contributed by atoms with Crippen LogP contribution in [0, 0.1) is 5.92 Å². The van der Waals surface area contributed by atoms with Gasteiger partial charge in [-0.1, -0.05) is 20.8 Å². The quantitative estimate of drug-likeness (QED) is 0.465.